The number of halogens is 1. The molecule has 0 aliphatic heterocycles. The van der Waals surface area contributed by atoms with Crippen LogP contribution < -0.4 is 5.32 Å². The SMILES string of the molecule is Cc1ccc(CNc2nsnc2Cl)cn1. The average molecular weight is 241 g/mol. The van der Waals surface area contributed by atoms with Gasteiger partial charge in [0, 0.05) is 18.4 Å². The summed E-state index contributed by atoms with van der Waals surface area (Å²) in [5.41, 5.74) is 2.09. The van der Waals surface area contributed by atoms with E-state index in [2.05, 4.69) is 19.0 Å². The van der Waals surface area contributed by atoms with Crippen LogP contribution in [0.1, 0.15) is 11.3 Å². The molecule has 2 rings (SSSR count). The lowest BCUT2D eigenvalue weighted by molar-refractivity contribution is 1.08. The van der Waals surface area contributed by atoms with E-state index < -0.39 is 0 Å². The number of aryl methyl sites for hydroxylation is 1. The van der Waals surface area contributed by atoms with Gasteiger partial charge in [-0.3, -0.25) is 4.98 Å². The number of rotatable bonds is 3. The Morgan fingerprint density at radius 2 is 2.27 bits per heavy atom. The van der Waals surface area contributed by atoms with Gasteiger partial charge in [0.05, 0.1) is 11.7 Å². The van der Waals surface area contributed by atoms with Crippen molar-refractivity contribution >= 4 is 29.1 Å². The van der Waals surface area contributed by atoms with E-state index in [1.807, 2.05) is 25.3 Å². The number of pyridine rings is 1. The van der Waals surface area contributed by atoms with E-state index in [-0.39, 0.29) is 0 Å². The molecule has 0 aliphatic rings. The fourth-order valence-electron chi connectivity index (χ4n) is 1.07. The maximum absolute atomic E-state index is 5.79. The van der Waals surface area contributed by atoms with E-state index in [0.717, 1.165) is 23.0 Å². The highest BCUT2D eigenvalue weighted by Gasteiger charge is 2.03. The zero-order valence-electron chi connectivity index (χ0n) is 8.07. The molecule has 0 spiro atoms. The zero-order valence-corrected chi connectivity index (χ0v) is 9.64. The van der Waals surface area contributed by atoms with E-state index in [1.54, 1.807) is 0 Å². The van der Waals surface area contributed by atoms with Gasteiger partial charge in [-0.1, -0.05) is 17.7 Å². The van der Waals surface area contributed by atoms with Gasteiger partial charge in [-0.25, -0.2) is 0 Å². The Labute approximate surface area is 96.7 Å². The lowest BCUT2D eigenvalue weighted by Gasteiger charge is -2.02. The monoisotopic (exact) mass is 240 g/mol. The summed E-state index contributed by atoms with van der Waals surface area (Å²) in [6.45, 7) is 2.61. The molecule has 0 aromatic carbocycles. The van der Waals surface area contributed by atoms with Gasteiger partial charge in [0.15, 0.2) is 11.0 Å². The van der Waals surface area contributed by atoms with Crippen molar-refractivity contribution in [2.45, 2.75) is 13.5 Å². The summed E-state index contributed by atoms with van der Waals surface area (Å²) >= 11 is 6.88. The van der Waals surface area contributed by atoms with Crippen LogP contribution in [0, 0.1) is 6.92 Å². The zero-order chi connectivity index (χ0) is 10.7. The molecule has 1 N–H and O–H groups in total. The normalized spacial score (nSPS) is 10.3. The molecule has 2 aromatic rings. The van der Waals surface area contributed by atoms with Crippen molar-refractivity contribution in [3.05, 3.63) is 34.7 Å². The standard InChI is InChI=1S/C9H9ClN4S/c1-6-2-3-7(4-11-6)5-12-9-8(10)13-15-14-9/h2-4H,5H2,1H3,(H,12,14). The van der Waals surface area contributed by atoms with Crippen LogP contribution in [0.2, 0.25) is 5.15 Å². The molecule has 0 fully saturated rings. The molecule has 6 heteroatoms. The number of nitrogens with zero attached hydrogens (tertiary/aromatic N) is 3. The third-order valence-corrected chi connectivity index (χ3v) is 2.77. The summed E-state index contributed by atoms with van der Waals surface area (Å²) in [6, 6.07) is 3.99. The molecular formula is C9H9ClN4S. The van der Waals surface area contributed by atoms with Gasteiger partial charge in [0.1, 0.15) is 0 Å². The lowest BCUT2D eigenvalue weighted by atomic mass is 10.2. The highest BCUT2D eigenvalue weighted by Crippen LogP contribution is 2.18. The fourth-order valence-corrected chi connectivity index (χ4v) is 1.76. The third-order valence-electron chi connectivity index (χ3n) is 1.88. The van der Waals surface area contributed by atoms with Crippen molar-refractivity contribution in [1.29, 1.82) is 0 Å². The van der Waals surface area contributed by atoms with E-state index in [4.69, 9.17) is 11.6 Å². The van der Waals surface area contributed by atoms with Gasteiger partial charge in [-0.05, 0) is 18.6 Å². The summed E-state index contributed by atoms with van der Waals surface area (Å²) in [6.07, 6.45) is 1.83. The molecule has 0 unspecified atom stereocenters. The van der Waals surface area contributed by atoms with Crippen molar-refractivity contribution in [1.82, 2.24) is 13.7 Å². The third kappa shape index (κ3) is 2.64. The molecule has 0 atom stereocenters. The second kappa shape index (κ2) is 4.55. The minimum absolute atomic E-state index is 0.417. The van der Waals surface area contributed by atoms with E-state index in [1.165, 1.54) is 0 Å². The van der Waals surface area contributed by atoms with Crippen LogP contribution in [0.4, 0.5) is 5.82 Å². The highest BCUT2D eigenvalue weighted by molar-refractivity contribution is 6.99. The first-order valence-electron chi connectivity index (χ1n) is 4.39. The summed E-state index contributed by atoms with van der Waals surface area (Å²) < 4.78 is 7.88. The van der Waals surface area contributed by atoms with Crippen LogP contribution in [0.3, 0.4) is 0 Å². The van der Waals surface area contributed by atoms with Crippen LogP contribution in [-0.4, -0.2) is 13.7 Å². The second-order valence-electron chi connectivity index (χ2n) is 3.07. The van der Waals surface area contributed by atoms with Gasteiger partial charge in [-0.15, -0.1) is 0 Å². The van der Waals surface area contributed by atoms with Crippen LogP contribution >= 0.6 is 23.3 Å². The number of aromatic nitrogens is 3. The Balaban J connectivity index is 1.99. The molecule has 0 saturated carbocycles. The van der Waals surface area contributed by atoms with Crippen molar-refractivity contribution in [2.75, 3.05) is 5.32 Å². The van der Waals surface area contributed by atoms with Crippen LogP contribution in [0.15, 0.2) is 18.3 Å². The van der Waals surface area contributed by atoms with E-state index in [0.29, 0.717) is 17.5 Å². The van der Waals surface area contributed by atoms with Crippen molar-refractivity contribution in [2.24, 2.45) is 0 Å². The topological polar surface area (TPSA) is 50.7 Å². The maximum Gasteiger partial charge on any atom is 0.186 e. The molecule has 0 bridgehead atoms. The maximum atomic E-state index is 5.79. The molecule has 15 heavy (non-hydrogen) atoms. The number of hydrogen-bond acceptors (Lipinski definition) is 5. The Morgan fingerprint density at radius 1 is 1.40 bits per heavy atom. The van der Waals surface area contributed by atoms with Gasteiger partial charge in [0.2, 0.25) is 0 Å². The largest absolute Gasteiger partial charge is 0.362 e. The molecule has 78 valence electrons. The summed E-state index contributed by atoms with van der Waals surface area (Å²) in [4.78, 5) is 4.20. The first-order valence-corrected chi connectivity index (χ1v) is 5.50. The van der Waals surface area contributed by atoms with Gasteiger partial charge < -0.3 is 5.32 Å². The molecule has 4 nitrogen and oxygen atoms in total. The Hall–Kier alpha value is -1.20. The predicted molar refractivity (Wildman–Crippen MR) is 61.2 cm³/mol. The first kappa shape index (κ1) is 10.3. The van der Waals surface area contributed by atoms with Gasteiger partial charge >= 0.3 is 0 Å². The Morgan fingerprint density at radius 3 is 2.87 bits per heavy atom. The Bertz CT molecular complexity index is 440. The Kier molecular flexibility index (Phi) is 3.13. The second-order valence-corrected chi connectivity index (χ2v) is 3.95. The van der Waals surface area contributed by atoms with E-state index >= 15 is 0 Å². The van der Waals surface area contributed by atoms with E-state index in [9.17, 15) is 0 Å². The molecule has 0 aliphatic carbocycles. The molecule has 0 radical (unpaired) electrons. The number of hydrogen-bond donors (Lipinski definition) is 1. The quantitative estimate of drug-likeness (QED) is 0.896. The fraction of sp³-hybridized carbons (Fsp3) is 0.222. The van der Waals surface area contributed by atoms with Crippen molar-refractivity contribution < 1.29 is 0 Å². The summed E-state index contributed by atoms with van der Waals surface area (Å²) in [5.74, 6) is 0.627. The molecule has 2 heterocycles. The van der Waals surface area contributed by atoms with Crippen LogP contribution in [-0.2, 0) is 6.54 Å². The average Bonchev–Trinajstić information content (AvgIpc) is 2.63. The minimum atomic E-state index is 0.417. The van der Waals surface area contributed by atoms with Gasteiger partial charge in [-0.2, -0.15) is 8.75 Å². The first-order chi connectivity index (χ1) is 7.25. The molecule has 0 saturated heterocycles. The highest BCUT2D eigenvalue weighted by atomic mass is 35.5. The van der Waals surface area contributed by atoms with Crippen LogP contribution in [0.5, 0.6) is 0 Å². The minimum Gasteiger partial charge on any atom is -0.362 e. The smallest absolute Gasteiger partial charge is 0.186 e. The number of nitrogens with one attached hydrogen (secondary N) is 1. The van der Waals surface area contributed by atoms with Crippen molar-refractivity contribution in [3.63, 3.8) is 0 Å². The summed E-state index contributed by atoms with van der Waals surface area (Å²) in [7, 11) is 0. The molecular weight excluding hydrogens is 232 g/mol. The summed E-state index contributed by atoms with van der Waals surface area (Å²) in [5, 5.41) is 3.51. The molecule has 2 aromatic heterocycles. The molecule has 0 amide bonds. The van der Waals surface area contributed by atoms with Gasteiger partial charge in [0.25, 0.3) is 0 Å². The predicted octanol–water partition coefficient (Wildman–Crippen LogP) is 2.51. The van der Waals surface area contributed by atoms with Crippen LogP contribution in [0.25, 0.3) is 0 Å². The van der Waals surface area contributed by atoms with Crippen molar-refractivity contribution in [3.8, 4) is 0 Å². The number of anilines is 1. The lowest BCUT2D eigenvalue weighted by Crippen LogP contribution is -2.00.